The van der Waals surface area contributed by atoms with Crippen LogP contribution in [0.4, 0.5) is 0 Å². The van der Waals surface area contributed by atoms with Crippen molar-refractivity contribution >= 4 is 64.6 Å². The van der Waals surface area contributed by atoms with Gasteiger partial charge in [0.15, 0.2) is 0 Å². The van der Waals surface area contributed by atoms with Gasteiger partial charge in [-0.25, -0.2) is 0 Å². The summed E-state index contributed by atoms with van der Waals surface area (Å²) in [5.41, 5.74) is 17.0. The first-order valence-electron chi connectivity index (χ1n) is 22.7. The van der Waals surface area contributed by atoms with E-state index < -0.39 is 0 Å². The minimum absolute atomic E-state index is 1.17. The largest absolute Gasteiger partial charge is 0.264 e. The molecule has 1 aliphatic rings. The average molecular weight is 835 g/mol. The van der Waals surface area contributed by atoms with Gasteiger partial charge in [-0.15, -0.1) is 0 Å². The van der Waals surface area contributed by atoms with E-state index in [9.17, 15) is 0 Å². The lowest BCUT2D eigenvalue weighted by atomic mass is 9.80. The number of nitrogens with zero attached hydrogens (tertiary/aromatic N) is 2. The number of rotatable bonds is 3. The van der Waals surface area contributed by atoms with E-state index in [4.69, 9.17) is 0 Å². The Balaban J connectivity index is 1.03. The van der Waals surface area contributed by atoms with E-state index in [1.165, 1.54) is 143 Å². The number of hydrogen-bond donors (Lipinski definition) is 0. The Kier molecular flexibility index (Phi) is 8.02. The highest BCUT2D eigenvalue weighted by molar-refractivity contribution is 6.27. The van der Waals surface area contributed by atoms with E-state index in [0.717, 1.165) is 0 Å². The van der Waals surface area contributed by atoms with Crippen LogP contribution in [-0.2, 0) is 0 Å². The first kappa shape index (κ1) is 36.7. The zero-order chi connectivity index (χ0) is 43.3. The summed E-state index contributed by atoms with van der Waals surface area (Å²) in [5.74, 6) is 0. The molecule has 13 aromatic rings. The van der Waals surface area contributed by atoms with Crippen LogP contribution in [0.1, 0.15) is 0 Å². The summed E-state index contributed by atoms with van der Waals surface area (Å²) in [6.07, 6.45) is 7.86. The number of fused-ring (bicyclic) bond motifs is 20. The Morgan fingerprint density at radius 3 is 0.909 bits per heavy atom. The Morgan fingerprint density at radius 1 is 0.182 bits per heavy atom. The van der Waals surface area contributed by atoms with Gasteiger partial charge in [0, 0.05) is 35.6 Å². The molecule has 0 saturated carbocycles. The minimum atomic E-state index is 1.17. The van der Waals surface area contributed by atoms with Gasteiger partial charge in [-0.2, -0.15) is 0 Å². The standard InChI is InChI=1S/C64H38N2/c1-2-12-46-45(11-1)47-13-3-4-15-49(47)55-24-21-39(34-60(55)52-18-8-5-14-48(46)52)42-31-43(40-22-25-56-50-16-6-9-19-53(50)63-37-65-29-27-58(63)61(56)35-40)33-44(32-42)41-23-26-57-51-17-7-10-20-54(51)64-38-66-30-28-59(64)62(57)36-41/h1-38H. The monoisotopic (exact) mass is 834 g/mol. The Labute approximate surface area is 381 Å². The zero-order valence-electron chi connectivity index (χ0n) is 35.8. The van der Waals surface area contributed by atoms with Crippen molar-refractivity contribution in [2.75, 3.05) is 0 Å². The van der Waals surface area contributed by atoms with Gasteiger partial charge in [0.05, 0.1) is 0 Å². The molecule has 0 bridgehead atoms. The van der Waals surface area contributed by atoms with Crippen molar-refractivity contribution in [1.29, 1.82) is 0 Å². The van der Waals surface area contributed by atoms with E-state index in [2.05, 4.69) is 216 Å². The van der Waals surface area contributed by atoms with Gasteiger partial charge >= 0.3 is 0 Å². The summed E-state index contributed by atoms with van der Waals surface area (Å²) < 4.78 is 0. The van der Waals surface area contributed by atoms with Crippen LogP contribution in [0.25, 0.3) is 143 Å². The van der Waals surface area contributed by atoms with Crippen LogP contribution in [0.5, 0.6) is 0 Å². The van der Waals surface area contributed by atoms with Crippen LogP contribution < -0.4 is 0 Å². The molecule has 0 spiro atoms. The fourth-order valence-electron chi connectivity index (χ4n) is 11.1. The van der Waals surface area contributed by atoms with Crippen LogP contribution >= 0.6 is 0 Å². The summed E-state index contributed by atoms with van der Waals surface area (Å²) >= 11 is 0. The van der Waals surface area contributed by atoms with Crippen molar-refractivity contribution in [1.82, 2.24) is 9.97 Å². The molecule has 14 rings (SSSR count). The molecule has 2 heterocycles. The molecule has 0 unspecified atom stereocenters. The van der Waals surface area contributed by atoms with E-state index in [1.807, 2.05) is 24.8 Å². The summed E-state index contributed by atoms with van der Waals surface area (Å²) in [5, 5.41) is 14.6. The average Bonchev–Trinajstić information content (AvgIpc) is 3.40. The lowest BCUT2D eigenvalue weighted by molar-refractivity contribution is 1.37. The zero-order valence-corrected chi connectivity index (χ0v) is 35.8. The molecule has 0 N–H and O–H groups in total. The van der Waals surface area contributed by atoms with Crippen LogP contribution in [0.3, 0.4) is 0 Å². The van der Waals surface area contributed by atoms with E-state index in [0.29, 0.717) is 0 Å². The predicted molar refractivity (Wildman–Crippen MR) is 279 cm³/mol. The number of pyridine rings is 2. The van der Waals surface area contributed by atoms with E-state index in [1.54, 1.807) is 0 Å². The van der Waals surface area contributed by atoms with E-state index >= 15 is 0 Å². The maximum absolute atomic E-state index is 4.57. The summed E-state index contributed by atoms with van der Waals surface area (Å²) in [6.45, 7) is 0. The Bertz CT molecular complexity index is 3930. The predicted octanol–water partition coefficient (Wildman–Crippen LogP) is 17.4. The van der Waals surface area contributed by atoms with Gasteiger partial charge in [0.2, 0.25) is 0 Å². The number of aromatic nitrogens is 2. The van der Waals surface area contributed by atoms with Crippen molar-refractivity contribution in [3.05, 3.63) is 231 Å². The quantitative estimate of drug-likeness (QED) is 0.166. The highest BCUT2D eigenvalue weighted by Gasteiger charge is 2.23. The van der Waals surface area contributed by atoms with Gasteiger partial charge in [-0.05, 0) is 180 Å². The van der Waals surface area contributed by atoms with E-state index in [-0.39, 0.29) is 0 Å². The van der Waals surface area contributed by atoms with Gasteiger partial charge in [-0.1, -0.05) is 158 Å². The molecule has 304 valence electrons. The smallest absolute Gasteiger partial charge is 0.0352 e. The maximum atomic E-state index is 4.57. The van der Waals surface area contributed by atoms with Crippen LogP contribution in [0.15, 0.2) is 231 Å². The van der Waals surface area contributed by atoms with Gasteiger partial charge < -0.3 is 0 Å². The van der Waals surface area contributed by atoms with Crippen LogP contribution in [0, 0.1) is 0 Å². The highest BCUT2D eigenvalue weighted by Crippen LogP contribution is 2.49. The first-order chi connectivity index (χ1) is 32.7. The summed E-state index contributed by atoms with van der Waals surface area (Å²) in [7, 11) is 0. The maximum Gasteiger partial charge on any atom is 0.0352 e. The summed E-state index contributed by atoms with van der Waals surface area (Å²) in [4.78, 5) is 9.15. The van der Waals surface area contributed by atoms with Crippen molar-refractivity contribution in [2.45, 2.75) is 0 Å². The number of benzene rings is 11. The molecule has 0 aliphatic heterocycles. The topological polar surface area (TPSA) is 25.8 Å². The molecule has 1 aliphatic carbocycles. The lowest BCUT2D eigenvalue weighted by Crippen LogP contribution is -1.97. The first-order valence-corrected chi connectivity index (χ1v) is 22.7. The second-order valence-corrected chi connectivity index (χ2v) is 17.7. The molecular weight excluding hydrogens is 797 g/mol. The molecule has 66 heavy (non-hydrogen) atoms. The molecule has 0 amide bonds. The highest BCUT2D eigenvalue weighted by atomic mass is 14.6. The molecular formula is C64H38N2. The molecule has 0 atom stereocenters. The van der Waals surface area contributed by atoms with Crippen LogP contribution in [-0.4, -0.2) is 9.97 Å². The molecule has 0 saturated heterocycles. The third kappa shape index (κ3) is 5.55. The fourth-order valence-corrected chi connectivity index (χ4v) is 11.1. The van der Waals surface area contributed by atoms with Gasteiger partial charge in [0.25, 0.3) is 0 Å². The molecule has 0 fully saturated rings. The van der Waals surface area contributed by atoms with Gasteiger partial charge in [-0.3, -0.25) is 9.97 Å². The molecule has 2 aromatic heterocycles. The second kappa shape index (κ2) is 14.4. The Hall–Kier alpha value is -8.72. The van der Waals surface area contributed by atoms with Crippen molar-refractivity contribution in [2.24, 2.45) is 0 Å². The van der Waals surface area contributed by atoms with Gasteiger partial charge in [0.1, 0.15) is 0 Å². The van der Waals surface area contributed by atoms with Crippen molar-refractivity contribution < 1.29 is 0 Å². The minimum Gasteiger partial charge on any atom is -0.264 e. The van der Waals surface area contributed by atoms with Crippen LogP contribution in [0.2, 0.25) is 0 Å². The Morgan fingerprint density at radius 2 is 0.485 bits per heavy atom. The number of hydrogen-bond acceptors (Lipinski definition) is 2. The molecule has 11 aromatic carbocycles. The van der Waals surface area contributed by atoms with Crippen molar-refractivity contribution in [3.8, 4) is 77.9 Å². The lowest BCUT2D eigenvalue weighted by Gasteiger charge is -2.23. The third-order valence-corrected chi connectivity index (χ3v) is 14.2. The fraction of sp³-hybridized carbons (Fsp3) is 0. The molecule has 2 heteroatoms. The summed E-state index contributed by atoms with van der Waals surface area (Å²) in [6, 6.07) is 76.7. The SMILES string of the molecule is c1ccc2c(c1)-c1ccccc1-c1ccc(-c3cc(-c4ccc5c6ccccc6c6cnccc6c5c4)cc(-c4ccc5c6ccccc6c6cnccc6c5c4)c3)cc1-c1ccccc1-2. The third-order valence-electron chi connectivity index (χ3n) is 14.2. The normalized spacial score (nSPS) is 11.9. The second-order valence-electron chi connectivity index (χ2n) is 17.7. The molecule has 2 nitrogen and oxygen atoms in total. The molecule has 0 radical (unpaired) electrons. The van der Waals surface area contributed by atoms with Crippen molar-refractivity contribution in [3.63, 3.8) is 0 Å².